The zero-order valence-corrected chi connectivity index (χ0v) is 10.8. The summed E-state index contributed by atoms with van der Waals surface area (Å²) < 4.78 is 6.59. The maximum atomic E-state index is 12.4. The topological polar surface area (TPSA) is 52.2 Å². The molecule has 2 aromatic rings. The fraction of sp³-hybridized carbons (Fsp3) is 0.467. The molecule has 0 saturated heterocycles. The number of carbonyl (C=O) groups is 1. The third-order valence-electron chi connectivity index (χ3n) is 4.79. The maximum absolute atomic E-state index is 12.4. The van der Waals surface area contributed by atoms with Gasteiger partial charge in [0.05, 0.1) is 5.52 Å². The van der Waals surface area contributed by atoms with Crippen molar-refractivity contribution in [3.63, 3.8) is 0 Å². The van der Waals surface area contributed by atoms with Gasteiger partial charge >= 0.3 is 5.76 Å². The number of fused-ring (bicyclic) bond motifs is 2. The molecule has 0 bridgehead atoms. The number of carbonyl (C=O) groups excluding carboxylic acids is 1. The van der Waals surface area contributed by atoms with Crippen LogP contribution < -0.4 is 5.76 Å². The number of hydrogen-bond acceptors (Lipinski definition) is 3. The lowest BCUT2D eigenvalue weighted by Crippen LogP contribution is -2.08. The van der Waals surface area contributed by atoms with E-state index >= 15 is 0 Å². The van der Waals surface area contributed by atoms with Gasteiger partial charge in [-0.2, -0.15) is 0 Å². The minimum absolute atomic E-state index is 0.224. The molecule has 0 aliphatic heterocycles. The number of aromatic nitrogens is 1. The largest absolute Gasteiger partial charge is 0.419 e. The minimum atomic E-state index is -0.386. The average Bonchev–Trinajstić information content (AvgIpc) is 2.76. The Kier molecular flexibility index (Phi) is 2.08. The standard InChI is InChI=1S/C15H15NO3/c1-16-11-6-5-8(7-12(11)19-15(16)18)14(17)13-9-3-2-4-10(9)13/h5-7,9-10,13H,2-4H2,1H3. The molecule has 1 heterocycles. The molecule has 0 amide bonds. The number of rotatable bonds is 2. The van der Waals surface area contributed by atoms with Crippen LogP contribution >= 0.6 is 0 Å². The average molecular weight is 257 g/mol. The van der Waals surface area contributed by atoms with E-state index in [9.17, 15) is 9.59 Å². The van der Waals surface area contributed by atoms with E-state index in [1.807, 2.05) is 6.07 Å². The molecular formula is C15H15NO3. The van der Waals surface area contributed by atoms with Crippen molar-refractivity contribution in [3.05, 3.63) is 34.3 Å². The van der Waals surface area contributed by atoms with Crippen molar-refractivity contribution in [2.45, 2.75) is 19.3 Å². The van der Waals surface area contributed by atoms with Crippen LogP contribution in [0.4, 0.5) is 0 Å². The lowest BCUT2D eigenvalue weighted by molar-refractivity contribution is 0.0951. The van der Waals surface area contributed by atoms with Crippen molar-refractivity contribution in [3.8, 4) is 0 Å². The molecule has 1 aromatic carbocycles. The molecule has 2 aliphatic rings. The van der Waals surface area contributed by atoms with E-state index in [-0.39, 0.29) is 17.5 Å². The summed E-state index contributed by atoms with van der Waals surface area (Å²) >= 11 is 0. The number of hydrogen-bond donors (Lipinski definition) is 0. The molecule has 98 valence electrons. The van der Waals surface area contributed by atoms with Crippen LogP contribution in [0.2, 0.25) is 0 Å². The van der Waals surface area contributed by atoms with E-state index in [4.69, 9.17) is 4.42 Å². The zero-order chi connectivity index (χ0) is 13.1. The molecule has 1 aromatic heterocycles. The fourth-order valence-electron chi connectivity index (χ4n) is 3.69. The summed E-state index contributed by atoms with van der Waals surface area (Å²) in [5, 5.41) is 0. The molecule has 2 aliphatic carbocycles. The summed E-state index contributed by atoms with van der Waals surface area (Å²) in [5.41, 5.74) is 1.92. The molecule has 2 fully saturated rings. The molecule has 4 rings (SSSR count). The van der Waals surface area contributed by atoms with Crippen LogP contribution in [0.1, 0.15) is 29.6 Å². The molecule has 2 atom stereocenters. The molecular weight excluding hydrogens is 242 g/mol. The van der Waals surface area contributed by atoms with Gasteiger partial charge in [-0.15, -0.1) is 0 Å². The van der Waals surface area contributed by atoms with E-state index < -0.39 is 0 Å². The third kappa shape index (κ3) is 1.46. The van der Waals surface area contributed by atoms with E-state index in [0.717, 1.165) is 5.52 Å². The number of Topliss-reactive ketones (excluding diaryl/α,β-unsaturated/α-hetero) is 1. The summed E-state index contributed by atoms with van der Waals surface area (Å²) in [6.07, 6.45) is 3.67. The molecule has 4 nitrogen and oxygen atoms in total. The Labute approximate surface area is 110 Å². The number of nitrogens with zero attached hydrogens (tertiary/aromatic N) is 1. The zero-order valence-electron chi connectivity index (χ0n) is 10.8. The second-order valence-electron chi connectivity index (χ2n) is 5.76. The second kappa shape index (κ2) is 3.59. The predicted octanol–water partition coefficient (Wildman–Crippen LogP) is 2.36. The van der Waals surface area contributed by atoms with Crippen molar-refractivity contribution in [1.82, 2.24) is 4.57 Å². The Morgan fingerprint density at radius 3 is 2.79 bits per heavy atom. The smallest absolute Gasteiger partial charge is 0.408 e. The van der Waals surface area contributed by atoms with Crippen LogP contribution in [0.5, 0.6) is 0 Å². The summed E-state index contributed by atoms with van der Waals surface area (Å²) in [4.78, 5) is 23.9. The minimum Gasteiger partial charge on any atom is -0.408 e. The highest BCUT2D eigenvalue weighted by Crippen LogP contribution is 2.58. The molecule has 0 radical (unpaired) electrons. The summed E-state index contributed by atoms with van der Waals surface area (Å²) in [6, 6.07) is 5.33. The highest BCUT2D eigenvalue weighted by atomic mass is 16.4. The van der Waals surface area contributed by atoms with Crippen LogP contribution in [0, 0.1) is 17.8 Å². The lowest BCUT2D eigenvalue weighted by Gasteiger charge is -2.03. The number of ketones is 1. The van der Waals surface area contributed by atoms with Gasteiger partial charge in [0.15, 0.2) is 11.4 Å². The van der Waals surface area contributed by atoms with Gasteiger partial charge < -0.3 is 4.42 Å². The second-order valence-corrected chi connectivity index (χ2v) is 5.76. The maximum Gasteiger partial charge on any atom is 0.419 e. The van der Waals surface area contributed by atoms with E-state index in [1.54, 1.807) is 19.2 Å². The molecule has 19 heavy (non-hydrogen) atoms. The Bertz CT molecular complexity index is 729. The van der Waals surface area contributed by atoms with Gasteiger partial charge in [-0.05, 0) is 42.9 Å². The van der Waals surface area contributed by atoms with E-state index in [1.165, 1.54) is 23.8 Å². The van der Waals surface area contributed by atoms with Crippen LogP contribution in [-0.2, 0) is 7.05 Å². The van der Waals surface area contributed by atoms with Gasteiger partial charge in [-0.3, -0.25) is 9.36 Å². The number of oxazole rings is 1. The first-order valence-corrected chi connectivity index (χ1v) is 6.80. The summed E-state index contributed by atoms with van der Waals surface area (Å²) in [6.45, 7) is 0. The Morgan fingerprint density at radius 1 is 1.32 bits per heavy atom. The number of aryl methyl sites for hydroxylation is 1. The van der Waals surface area contributed by atoms with E-state index in [0.29, 0.717) is 23.0 Å². The van der Waals surface area contributed by atoms with Crippen LogP contribution in [-0.4, -0.2) is 10.4 Å². The van der Waals surface area contributed by atoms with Crippen molar-refractivity contribution >= 4 is 16.9 Å². The Hall–Kier alpha value is -1.84. The van der Waals surface area contributed by atoms with Gasteiger partial charge in [0.25, 0.3) is 0 Å². The monoisotopic (exact) mass is 257 g/mol. The first-order valence-electron chi connectivity index (χ1n) is 6.80. The van der Waals surface area contributed by atoms with E-state index in [2.05, 4.69) is 0 Å². The molecule has 4 heteroatoms. The van der Waals surface area contributed by atoms with Crippen molar-refractivity contribution in [1.29, 1.82) is 0 Å². The van der Waals surface area contributed by atoms with Gasteiger partial charge in [-0.25, -0.2) is 4.79 Å². The Balaban J connectivity index is 1.72. The van der Waals surface area contributed by atoms with Crippen molar-refractivity contribution in [2.75, 3.05) is 0 Å². The lowest BCUT2D eigenvalue weighted by atomic mass is 10.0. The molecule has 0 N–H and O–H groups in total. The Morgan fingerprint density at radius 2 is 2.05 bits per heavy atom. The van der Waals surface area contributed by atoms with Crippen LogP contribution in [0.15, 0.2) is 27.4 Å². The van der Waals surface area contributed by atoms with Gasteiger partial charge in [0, 0.05) is 18.5 Å². The SMILES string of the molecule is Cn1c(=O)oc2cc(C(=O)C3C4CCCC43)ccc21. The summed E-state index contributed by atoms with van der Waals surface area (Å²) in [5.74, 6) is 1.30. The summed E-state index contributed by atoms with van der Waals surface area (Å²) in [7, 11) is 1.67. The predicted molar refractivity (Wildman–Crippen MR) is 70.1 cm³/mol. The highest BCUT2D eigenvalue weighted by molar-refractivity contribution is 6.02. The number of benzene rings is 1. The normalized spacial score (nSPS) is 28.6. The van der Waals surface area contributed by atoms with Crippen molar-refractivity contribution < 1.29 is 9.21 Å². The van der Waals surface area contributed by atoms with Crippen LogP contribution in [0.25, 0.3) is 11.1 Å². The fourth-order valence-corrected chi connectivity index (χ4v) is 3.69. The molecule has 2 unspecified atom stereocenters. The van der Waals surface area contributed by atoms with Crippen LogP contribution in [0.3, 0.4) is 0 Å². The van der Waals surface area contributed by atoms with Gasteiger partial charge in [0.2, 0.25) is 0 Å². The third-order valence-corrected chi connectivity index (χ3v) is 4.79. The van der Waals surface area contributed by atoms with Gasteiger partial charge in [0.1, 0.15) is 0 Å². The van der Waals surface area contributed by atoms with Gasteiger partial charge in [-0.1, -0.05) is 6.42 Å². The highest BCUT2D eigenvalue weighted by Gasteiger charge is 2.56. The van der Waals surface area contributed by atoms with Crippen molar-refractivity contribution in [2.24, 2.45) is 24.8 Å². The quantitative estimate of drug-likeness (QED) is 0.776. The molecule has 0 spiro atoms. The molecule has 2 saturated carbocycles. The first-order chi connectivity index (χ1) is 9.16. The first kappa shape index (κ1) is 11.0.